The van der Waals surface area contributed by atoms with E-state index in [4.69, 9.17) is 23.2 Å². The SMILES string of the molecule is O=C1C2C(c3ccc(Cl)cc3)=NN(c3ccccc3)C2C(=O)N1c1ccc(Cl)cc1F. The summed E-state index contributed by atoms with van der Waals surface area (Å²) in [4.78, 5) is 27.7. The average molecular weight is 454 g/mol. The van der Waals surface area contributed by atoms with Crippen LogP contribution in [0, 0.1) is 11.7 Å². The van der Waals surface area contributed by atoms with Gasteiger partial charge in [-0.15, -0.1) is 0 Å². The molecule has 3 aromatic carbocycles. The zero-order valence-electron chi connectivity index (χ0n) is 15.9. The summed E-state index contributed by atoms with van der Waals surface area (Å²) in [5, 5.41) is 6.88. The van der Waals surface area contributed by atoms with Crippen LogP contribution in [0.4, 0.5) is 15.8 Å². The molecule has 0 bridgehead atoms. The largest absolute Gasteiger partial charge is 0.273 e. The third-order valence-electron chi connectivity index (χ3n) is 5.36. The fraction of sp³-hybridized carbons (Fsp3) is 0.0870. The number of para-hydroxylation sites is 1. The summed E-state index contributed by atoms with van der Waals surface area (Å²) in [5.74, 6) is -2.72. The number of imide groups is 1. The molecular formula is C23H14Cl2FN3O2. The lowest BCUT2D eigenvalue weighted by atomic mass is 9.93. The Hall–Kier alpha value is -3.22. The van der Waals surface area contributed by atoms with Crippen LogP contribution in [0.1, 0.15) is 5.56 Å². The second-order valence-electron chi connectivity index (χ2n) is 7.20. The molecule has 0 aliphatic carbocycles. The van der Waals surface area contributed by atoms with E-state index in [1.165, 1.54) is 17.1 Å². The van der Waals surface area contributed by atoms with Gasteiger partial charge in [-0.3, -0.25) is 14.6 Å². The number of hydrazone groups is 1. The molecule has 2 atom stereocenters. The Bertz CT molecular complexity index is 1230. The molecule has 2 amide bonds. The number of benzene rings is 3. The molecule has 2 aliphatic rings. The zero-order chi connectivity index (χ0) is 21.7. The van der Waals surface area contributed by atoms with E-state index in [0.717, 1.165) is 11.0 Å². The van der Waals surface area contributed by atoms with Gasteiger partial charge in [0.1, 0.15) is 17.8 Å². The van der Waals surface area contributed by atoms with Gasteiger partial charge in [0.05, 0.1) is 17.1 Å². The van der Waals surface area contributed by atoms with Crippen LogP contribution in [-0.4, -0.2) is 23.6 Å². The highest BCUT2D eigenvalue weighted by Gasteiger charge is 2.57. The number of nitrogens with zero attached hydrogens (tertiary/aromatic N) is 3. The van der Waals surface area contributed by atoms with Crippen molar-refractivity contribution in [1.29, 1.82) is 0 Å². The topological polar surface area (TPSA) is 53.0 Å². The number of carbonyl (C=O) groups is 2. The van der Waals surface area contributed by atoms with Crippen molar-refractivity contribution in [2.24, 2.45) is 11.0 Å². The van der Waals surface area contributed by atoms with Crippen molar-refractivity contribution in [3.05, 3.63) is 94.2 Å². The Morgan fingerprint density at radius 1 is 0.839 bits per heavy atom. The summed E-state index contributed by atoms with van der Waals surface area (Å²) in [6.45, 7) is 0. The maximum absolute atomic E-state index is 14.6. The second kappa shape index (κ2) is 7.48. The first kappa shape index (κ1) is 19.7. The molecule has 2 heterocycles. The van der Waals surface area contributed by atoms with Crippen LogP contribution >= 0.6 is 23.2 Å². The molecule has 8 heteroatoms. The minimum Gasteiger partial charge on any atom is -0.273 e. The molecule has 5 rings (SSSR count). The molecule has 5 nitrogen and oxygen atoms in total. The van der Waals surface area contributed by atoms with Crippen molar-refractivity contribution in [3.63, 3.8) is 0 Å². The van der Waals surface area contributed by atoms with E-state index in [9.17, 15) is 14.0 Å². The lowest BCUT2D eigenvalue weighted by Crippen LogP contribution is -2.39. The Balaban J connectivity index is 1.64. The number of rotatable bonds is 3. The van der Waals surface area contributed by atoms with Crippen molar-refractivity contribution >= 4 is 52.1 Å². The molecule has 0 saturated carbocycles. The minimum absolute atomic E-state index is 0.128. The number of hydrogen-bond donors (Lipinski definition) is 0. The molecule has 0 aromatic heterocycles. The summed E-state index contributed by atoms with van der Waals surface area (Å²) in [5.41, 5.74) is 1.62. The Labute approximate surface area is 187 Å². The van der Waals surface area contributed by atoms with Gasteiger partial charge >= 0.3 is 0 Å². The zero-order valence-corrected chi connectivity index (χ0v) is 17.4. The van der Waals surface area contributed by atoms with Gasteiger partial charge in [0.2, 0.25) is 5.91 Å². The molecule has 2 unspecified atom stereocenters. The van der Waals surface area contributed by atoms with Crippen molar-refractivity contribution in [1.82, 2.24) is 0 Å². The van der Waals surface area contributed by atoms with E-state index in [1.807, 2.05) is 18.2 Å². The van der Waals surface area contributed by atoms with Crippen LogP contribution in [0.25, 0.3) is 0 Å². The maximum Gasteiger partial charge on any atom is 0.260 e. The standard InChI is InChI=1S/C23H14Cl2FN3O2/c24-14-8-6-13(7-9-14)20-19-21(29(27-20)16-4-2-1-3-5-16)23(31)28(22(19)30)18-11-10-15(25)12-17(18)26/h1-12,19,21H. The number of fused-ring (bicyclic) bond motifs is 1. The summed E-state index contributed by atoms with van der Waals surface area (Å²) < 4.78 is 14.6. The number of hydrogen-bond acceptors (Lipinski definition) is 4. The molecule has 3 aromatic rings. The third kappa shape index (κ3) is 3.19. The van der Waals surface area contributed by atoms with E-state index in [-0.39, 0.29) is 10.7 Å². The van der Waals surface area contributed by atoms with E-state index >= 15 is 0 Å². The molecule has 0 radical (unpaired) electrons. The van der Waals surface area contributed by atoms with Crippen LogP contribution in [0.5, 0.6) is 0 Å². The van der Waals surface area contributed by atoms with Gasteiger partial charge < -0.3 is 0 Å². The second-order valence-corrected chi connectivity index (χ2v) is 8.08. The monoisotopic (exact) mass is 453 g/mol. The Morgan fingerprint density at radius 3 is 2.19 bits per heavy atom. The quantitative estimate of drug-likeness (QED) is 0.529. The Morgan fingerprint density at radius 2 is 1.52 bits per heavy atom. The predicted octanol–water partition coefficient (Wildman–Crippen LogP) is 4.92. The lowest BCUT2D eigenvalue weighted by Gasteiger charge is -2.22. The molecule has 31 heavy (non-hydrogen) atoms. The van der Waals surface area contributed by atoms with Gasteiger partial charge in [0.15, 0.2) is 0 Å². The molecule has 0 N–H and O–H groups in total. The molecule has 2 aliphatic heterocycles. The molecular weight excluding hydrogens is 440 g/mol. The number of halogens is 3. The number of anilines is 2. The molecule has 1 fully saturated rings. The van der Waals surface area contributed by atoms with Crippen molar-refractivity contribution in [2.45, 2.75) is 6.04 Å². The Kier molecular flexibility index (Phi) is 4.76. The molecule has 0 spiro atoms. The molecule has 1 saturated heterocycles. The first-order valence-corrected chi connectivity index (χ1v) is 10.2. The van der Waals surface area contributed by atoms with E-state index in [2.05, 4.69) is 5.10 Å². The van der Waals surface area contributed by atoms with Gasteiger partial charge in [0, 0.05) is 10.0 Å². The van der Waals surface area contributed by atoms with Gasteiger partial charge in [-0.2, -0.15) is 5.10 Å². The van der Waals surface area contributed by atoms with Crippen LogP contribution in [0.2, 0.25) is 10.0 Å². The van der Waals surface area contributed by atoms with E-state index < -0.39 is 29.6 Å². The highest BCUT2D eigenvalue weighted by Crippen LogP contribution is 2.40. The van der Waals surface area contributed by atoms with Crippen molar-refractivity contribution in [2.75, 3.05) is 9.91 Å². The minimum atomic E-state index is -0.921. The summed E-state index contributed by atoms with van der Waals surface area (Å²) >= 11 is 11.9. The third-order valence-corrected chi connectivity index (χ3v) is 5.85. The van der Waals surface area contributed by atoms with Gasteiger partial charge in [-0.25, -0.2) is 9.29 Å². The highest BCUT2D eigenvalue weighted by atomic mass is 35.5. The first-order chi connectivity index (χ1) is 15.0. The van der Waals surface area contributed by atoms with E-state index in [1.54, 1.807) is 36.4 Å². The molecule has 154 valence electrons. The van der Waals surface area contributed by atoms with Crippen molar-refractivity contribution in [3.8, 4) is 0 Å². The first-order valence-electron chi connectivity index (χ1n) is 9.47. The van der Waals surface area contributed by atoms with Crippen molar-refractivity contribution < 1.29 is 14.0 Å². The summed E-state index contributed by atoms with van der Waals surface area (Å²) in [6, 6.07) is 18.9. The fourth-order valence-corrected chi connectivity index (χ4v) is 4.25. The normalized spacial score (nSPS) is 20.3. The van der Waals surface area contributed by atoms with Crippen LogP contribution in [0.15, 0.2) is 77.9 Å². The van der Waals surface area contributed by atoms with Crippen LogP contribution in [0.3, 0.4) is 0 Å². The number of carbonyl (C=O) groups excluding carboxylic acids is 2. The van der Waals surface area contributed by atoms with E-state index in [0.29, 0.717) is 22.0 Å². The van der Waals surface area contributed by atoms with Crippen LogP contribution < -0.4 is 9.91 Å². The fourth-order valence-electron chi connectivity index (χ4n) is 3.97. The summed E-state index contributed by atoms with van der Waals surface area (Å²) in [7, 11) is 0. The highest BCUT2D eigenvalue weighted by molar-refractivity contribution is 6.35. The lowest BCUT2D eigenvalue weighted by molar-refractivity contribution is -0.121. The van der Waals surface area contributed by atoms with Gasteiger partial charge in [0.25, 0.3) is 5.91 Å². The summed E-state index contributed by atoms with van der Waals surface area (Å²) in [6.07, 6.45) is 0. The van der Waals surface area contributed by atoms with Gasteiger partial charge in [-0.1, -0.05) is 53.5 Å². The average Bonchev–Trinajstić information content (AvgIpc) is 3.27. The maximum atomic E-state index is 14.6. The van der Waals surface area contributed by atoms with Crippen LogP contribution in [-0.2, 0) is 9.59 Å². The van der Waals surface area contributed by atoms with Gasteiger partial charge in [-0.05, 0) is 48.0 Å². The predicted molar refractivity (Wildman–Crippen MR) is 118 cm³/mol. The number of amides is 2. The smallest absolute Gasteiger partial charge is 0.260 e.